The van der Waals surface area contributed by atoms with Crippen molar-refractivity contribution >= 4 is 52.9 Å². The summed E-state index contributed by atoms with van der Waals surface area (Å²) in [6.45, 7) is 7.74. The van der Waals surface area contributed by atoms with Crippen molar-refractivity contribution < 1.29 is 41.9 Å². The summed E-state index contributed by atoms with van der Waals surface area (Å²) in [5, 5.41) is 17.8. The van der Waals surface area contributed by atoms with Crippen LogP contribution >= 0.6 is 23.4 Å². The Kier molecular flexibility index (Phi) is 14.1. The van der Waals surface area contributed by atoms with Gasteiger partial charge in [-0.15, -0.1) is 0 Å². The lowest BCUT2D eigenvalue weighted by Crippen LogP contribution is -2.17. The van der Waals surface area contributed by atoms with Gasteiger partial charge in [0.25, 0.3) is 5.69 Å². The summed E-state index contributed by atoms with van der Waals surface area (Å²) in [6.07, 6.45) is -2.66. The van der Waals surface area contributed by atoms with E-state index < -0.39 is 46.5 Å². The first-order valence-electron chi connectivity index (χ1n) is 13.1. The number of hydrogen-bond acceptors (Lipinski definition) is 13. The highest BCUT2D eigenvalue weighted by atomic mass is 35.5. The number of nitro benzene ring substituents is 1. The number of benzene rings is 2. The molecule has 0 amide bonds. The molecule has 45 heavy (non-hydrogen) atoms. The second-order valence-electron chi connectivity index (χ2n) is 8.86. The minimum Gasteiger partial charge on any atom is -0.463 e. The number of anilines is 2. The van der Waals surface area contributed by atoms with E-state index in [1.54, 1.807) is 0 Å². The number of aromatic nitrogens is 3. The molecule has 13 nitrogen and oxygen atoms in total. The lowest BCUT2D eigenvalue weighted by atomic mass is 10.1. The van der Waals surface area contributed by atoms with Crippen molar-refractivity contribution in [1.82, 2.24) is 15.0 Å². The van der Waals surface area contributed by atoms with Gasteiger partial charge in [-0.25, -0.2) is 9.59 Å². The Morgan fingerprint density at radius 1 is 1.07 bits per heavy atom. The first kappa shape index (κ1) is 36.8. The third kappa shape index (κ3) is 11.9. The fourth-order valence-corrected chi connectivity index (χ4v) is 3.78. The molecule has 244 valence electrons. The van der Waals surface area contributed by atoms with Gasteiger partial charge in [0.05, 0.1) is 22.1 Å². The van der Waals surface area contributed by atoms with Crippen molar-refractivity contribution in [3.63, 3.8) is 0 Å². The maximum absolute atomic E-state index is 12.7. The third-order valence-electron chi connectivity index (χ3n) is 5.05. The Bertz CT molecular complexity index is 1500. The molecule has 0 aliphatic rings. The number of rotatable bonds is 12. The van der Waals surface area contributed by atoms with Gasteiger partial charge in [-0.2, -0.15) is 28.1 Å². The standard InChI is InChI=1S/C18H13ClF3NO7.C9H17N5S/c1-2-28-16(24)9-29-17(25)12-8-11(4-5-14(12)23(26)27)30-15-6-3-10(7-13(15)19)18(20,21)22;1-5-10-7-12-8(11-6(2)3)14-9(13-7)15-4/h3-8H,2,9H2,1H3;6H,5H2,1-4H3,(H2,10,11,12,13,14). The predicted octanol–water partition coefficient (Wildman–Crippen LogP) is 6.62. The van der Waals surface area contributed by atoms with Crippen molar-refractivity contribution in [1.29, 1.82) is 0 Å². The van der Waals surface area contributed by atoms with Gasteiger partial charge in [-0.3, -0.25) is 10.1 Å². The van der Waals surface area contributed by atoms with E-state index >= 15 is 0 Å². The maximum atomic E-state index is 12.7. The monoisotopic (exact) mass is 674 g/mol. The SMILES string of the molecule is CCNc1nc(NC(C)C)nc(SC)n1.CCOC(=O)COC(=O)c1cc(Oc2ccc(C(F)(F)F)cc2Cl)ccc1[N+](=O)[O-]. The van der Waals surface area contributed by atoms with Crippen LogP contribution in [0.3, 0.4) is 0 Å². The van der Waals surface area contributed by atoms with E-state index in [0.717, 1.165) is 42.0 Å². The normalized spacial score (nSPS) is 10.8. The number of thioether (sulfide) groups is 1. The van der Waals surface area contributed by atoms with E-state index in [1.807, 2.05) is 13.2 Å². The highest BCUT2D eigenvalue weighted by Crippen LogP contribution is 2.37. The minimum atomic E-state index is -4.61. The number of alkyl halides is 3. The largest absolute Gasteiger partial charge is 0.463 e. The van der Waals surface area contributed by atoms with Crippen LogP contribution in [0.1, 0.15) is 43.6 Å². The van der Waals surface area contributed by atoms with E-state index in [0.29, 0.717) is 24.0 Å². The van der Waals surface area contributed by atoms with E-state index in [-0.39, 0.29) is 23.1 Å². The number of nitrogens with one attached hydrogen (secondary N) is 2. The fourth-order valence-electron chi connectivity index (χ4n) is 3.20. The molecule has 2 N–H and O–H groups in total. The molecule has 0 spiro atoms. The summed E-state index contributed by atoms with van der Waals surface area (Å²) < 4.78 is 52.8. The number of nitrogens with zero attached hydrogens (tertiary/aromatic N) is 4. The number of carbonyl (C=O) groups excluding carboxylic acids is 2. The molecule has 18 heteroatoms. The average molecular weight is 675 g/mol. The number of ether oxygens (including phenoxy) is 3. The van der Waals surface area contributed by atoms with Crippen LogP contribution in [0.25, 0.3) is 0 Å². The molecule has 3 aromatic rings. The van der Waals surface area contributed by atoms with Crippen LogP contribution in [0.5, 0.6) is 11.5 Å². The number of carbonyl (C=O) groups is 2. The Morgan fingerprint density at radius 2 is 1.76 bits per heavy atom. The Labute approximate surface area is 265 Å². The highest BCUT2D eigenvalue weighted by Gasteiger charge is 2.31. The van der Waals surface area contributed by atoms with Crippen molar-refractivity contribution in [2.75, 3.05) is 36.6 Å². The van der Waals surface area contributed by atoms with Crippen molar-refractivity contribution in [2.24, 2.45) is 0 Å². The number of nitro groups is 1. The molecule has 0 saturated heterocycles. The summed E-state index contributed by atoms with van der Waals surface area (Å²) in [5.74, 6) is -1.11. The molecular weight excluding hydrogens is 645 g/mol. The molecule has 0 radical (unpaired) electrons. The quantitative estimate of drug-likeness (QED) is 0.0910. The number of hydrogen-bond donors (Lipinski definition) is 2. The van der Waals surface area contributed by atoms with Crippen LogP contribution < -0.4 is 15.4 Å². The average Bonchev–Trinajstić information content (AvgIpc) is 2.96. The molecule has 1 aromatic heterocycles. The molecule has 0 unspecified atom stereocenters. The Morgan fingerprint density at radius 3 is 2.31 bits per heavy atom. The molecule has 0 aliphatic heterocycles. The van der Waals surface area contributed by atoms with E-state index in [4.69, 9.17) is 21.1 Å². The minimum absolute atomic E-state index is 0.0493. The molecular formula is C27H30ClF3N6O7S. The zero-order valence-corrected chi connectivity index (χ0v) is 26.3. The topological polar surface area (TPSA) is 168 Å². The molecule has 0 fully saturated rings. The summed E-state index contributed by atoms with van der Waals surface area (Å²) >= 11 is 7.32. The van der Waals surface area contributed by atoms with Crippen LogP contribution in [0, 0.1) is 10.1 Å². The number of halogens is 4. The van der Waals surface area contributed by atoms with E-state index in [2.05, 4.69) is 44.2 Å². The van der Waals surface area contributed by atoms with Crippen molar-refractivity contribution in [3.8, 4) is 11.5 Å². The third-order valence-corrected chi connectivity index (χ3v) is 5.89. The van der Waals surface area contributed by atoms with Crippen molar-refractivity contribution in [3.05, 3.63) is 62.7 Å². The molecule has 1 heterocycles. The first-order valence-corrected chi connectivity index (χ1v) is 14.7. The molecule has 0 saturated carbocycles. The second-order valence-corrected chi connectivity index (χ2v) is 10.0. The fraction of sp³-hybridized carbons (Fsp3) is 0.370. The van der Waals surface area contributed by atoms with Crippen LogP contribution in [-0.2, 0) is 20.4 Å². The highest BCUT2D eigenvalue weighted by molar-refractivity contribution is 7.98. The summed E-state index contributed by atoms with van der Waals surface area (Å²) in [7, 11) is 0. The van der Waals surface area contributed by atoms with Gasteiger partial charge in [0.1, 0.15) is 17.1 Å². The van der Waals surface area contributed by atoms with Crippen molar-refractivity contribution in [2.45, 2.75) is 45.1 Å². The van der Waals surface area contributed by atoms with Gasteiger partial charge in [-0.05, 0) is 58.2 Å². The first-order chi connectivity index (χ1) is 21.2. The zero-order chi connectivity index (χ0) is 33.7. The molecule has 0 aliphatic carbocycles. The van der Waals surface area contributed by atoms with Gasteiger partial charge in [0, 0.05) is 24.7 Å². The van der Waals surface area contributed by atoms with E-state index in [1.165, 1.54) is 18.7 Å². The maximum Gasteiger partial charge on any atom is 0.416 e. The van der Waals surface area contributed by atoms with Crippen LogP contribution in [0.2, 0.25) is 5.02 Å². The second kappa shape index (κ2) is 17.2. The summed E-state index contributed by atoms with van der Waals surface area (Å²) in [6, 6.07) is 5.67. The Hall–Kier alpha value is -4.38. The van der Waals surface area contributed by atoms with Gasteiger partial charge < -0.3 is 24.8 Å². The van der Waals surface area contributed by atoms with Crippen LogP contribution in [0.15, 0.2) is 41.6 Å². The van der Waals surface area contributed by atoms with Crippen LogP contribution in [0.4, 0.5) is 30.8 Å². The summed E-state index contributed by atoms with van der Waals surface area (Å²) in [5.41, 5.74) is -2.16. The molecule has 0 atom stereocenters. The van der Waals surface area contributed by atoms with Gasteiger partial charge in [0.2, 0.25) is 11.9 Å². The molecule has 2 aromatic carbocycles. The predicted molar refractivity (Wildman–Crippen MR) is 161 cm³/mol. The zero-order valence-electron chi connectivity index (χ0n) is 24.7. The van der Waals surface area contributed by atoms with E-state index in [9.17, 15) is 32.9 Å². The molecule has 0 bridgehead atoms. The number of esters is 2. The lowest BCUT2D eigenvalue weighted by Gasteiger charge is -2.12. The summed E-state index contributed by atoms with van der Waals surface area (Å²) in [4.78, 5) is 46.5. The van der Waals surface area contributed by atoms with Gasteiger partial charge >= 0.3 is 18.1 Å². The smallest absolute Gasteiger partial charge is 0.416 e. The lowest BCUT2D eigenvalue weighted by molar-refractivity contribution is -0.385. The van der Waals surface area contributed by atoms with Gasteiger partial charge in [0.15, 0.2) is 11.8 Å². The molecule has 3 rings (SSSR count). The van der Waals surface area contributed by atoms with Gasteiger partial charge in [-0.1, -0.05) is 23.4 Å². The van der Waals surface area contributed by atoms with Crippen LogP contribution in [-0.4, -0.2) is 63.9 Å². The Balaban J connectivity index is 0.000000394.